The number of thioether (sulfide) groups is 1. The third kappa shape index (κ3) is 3.22. The topological polar surface area (TPSA) is 0 Å². The van der Waals surface area contributed by atoms with E-state index in [9.17, 15) is 0 Å². The highest BCUT2D eigenvalue weighted by Gasteiger charge is 2.10. The molecule has 0 spiro atoms. The zero-order valence-electron chi connectivity index (χ0n) is 11.4. The van der Waals surface area contributed by atoms with Crippen molar-refractivity contribution in [2.75, 3.05) is 5.75 Å². The Kier molecular flexibility index (Phi) is 4.71. The molecule has 0 aromatic heterocycles. The molecule has 0 saturated heterocycles. The standard InChI is InChI=1S/C18H18S/c1-4-11-19-18-13-16-10-8-6-7-9-15(5-2)17(16)12-14(18)3/h1,5-9,12-13H,10-11H2,2-3H3/b8-6-,9-7-,15-5-. The van der Waals surface area contributed by atoms with Gasteiger partial charge in [-0.3, -0.25) is 0 Å². The number of allylic oxidation sites excluding steroid dienone is 6. The van der Waals surface area contributed by atoms with Crippen molar-refractivity contribution in [1.29, 1.82) is 0 Å². The Hall–Kier alpha value is -1.65. The van der Waals surface area contributed by atoms with Crippen molar-refractivity contribution in [1.82, 2.24) is 0 Å². The third-order valence-electron chi connectivity index (χ3n) is 3.19. The van der Waals surface area contributed by atoms with Gasteiger partial charge in [0.25, 0.3) is 0 Å². The molecule has 0 bridgehead atoms. The first-order chi connectivity index (χ1) is 9.26. The summed E-state index contributed by atoms with van der Waals surface area (Å²) in [5.41, 5.74) is 5.30. The van der Waals surface area contributed by atoms with Crippen molar-refractivity contribution in [2.45, 2.75) is 25.2 Å². The molecule has 0 aliphatic heterocycles. The van der Waals surface area contributed by atoms with Gasteiger partial charge in [-0.05, 0) is 48.6 Å². The van der Waals surface area contributed by atoms with Crippen LogP contribution in [0.25, 0.3) is 5.57 Å². The molecule has 1 aliphatic carbocycles. The molecule has 0 nitrogen and oxygen atoms in total. The van der Waals surface area contributed by atoms with Crippen molar-refractivity contribution >= 4 is 17.3 Å². The van der Waals surface area contributed by atoms with E-state index >= 15 is 0 Å². The average molecular weight is 266 g/mol. The van der Waals surface area contributed by atoms with Crippen molar-refractivity contribution in [3.63, 3.8) is 0 Å². The number of rotatable bonds is 2. The largest absolute Gasteiger partial charge is 0.119 e. The second-order valence-corrected chi connectivity index (χ2v) is 5.52. The molecule has 1 aromatic rings. The zero-order valence-corrected chi connectivity index (χ0v) is 12.3. The van der Waals surface area contributed by atoms with Crippen LogP contribution in [0.1, 0.15) is 23.6 Å². The van der Waals surface area contributed by atoms with Gasteiger partial charge in [0.05, 0.1) is 5.75 Å². The molecule has 0 radical (unpaired) electrons. The van der Waals surface area contributed by atoms with Gasteiger partial charge in [-0.2, -0.15) is 0 Å². The van der Waals surface area contributed by atoms with Crippen LogP contribution in [-0.2, 0) is 6.42 Å². The van der Waals surface area contributed by atoms with Gasteiger partial charge in [-0.15, -0.1) is 18.2 Å². The van der Waals surface area contributed by atoms with Crippen LogP contribution in [0.2, 0.25) is 0 Å². The molecule has 0 fully saturated rings. The fourth-order valence-corrected chi connectivity index (χ4v) is 2.97. The molecule has 96 valence electrons. The van der Waals surface area contributed by atoms with Crippen LogP contribution >= 0.6 is 11.8 Å². The highest BCUT2D eigenvalue weighted by atomic mass is 32.2. The first-order valence-electron chi connectivity index (χ1n) is 6.46. The first kappa shape index (κ1) is 13.8. The van der Waals surface area contributed by atoms with E-state index in [0.717, 1.165) is 12.2 Å². The molecule has 0 saturated carbocycles. The molecule has 0 amide bonds. The van der Waals surface area contributed by atoms with Gasteiger partial charge in [0, 0.05) is 4.90 Å². The van der Waals surface area contributed by atoms with Gasteiger partial charge < -0.3 is 0 Å². The highest BCUT2D eigenvalue weighted by molar-refractivity contribution is 7.99. The van der Waals surface area contributed by atoms with Crippen LogP contribution in [0.4, 0.5) is 0 Å². The molecule has 1 aliphatic rings. The lowest BCUT2D eigenvalue weighted by atomic mass is 9.93. The van der Waals surface area contributed by atoms with Crippen molar-refractivity contribution in [2.24, 2.45) is 0 Å². The second-order valence-electron chi connectivity index (χ2n) is 4.50. The van der Waals surface area contributed by atoms with E-state index in [1.807, 2.05) is 0 Å². The predicted octanol–water partition coefficient (Wildman–Crippen LogP) is 4.79. The van der Waals surface area contributed by atoms with Crippen molar-refractivity contribution < 1.29 is 0 Å². The van der Waals surface area contributed by atoms with Crippen LogP contribution < -0.4 is 0 Å². The number of fused-ring (bicyclic) bond motifs is 1. The summed E-state index contributed by atoms with van der Waals surface area (Å²) >= 11 is 1.74. The monoisotopic (exact) mass is 266 g/mol. The fourth-order valence-electron chi connectivity index (χ4n) is 2.22. The molecule has 0 atom stereocenters. The number of hydrogen-bond acceptors (Lipinski definition) is 1. The van der Waals surface area contributed by atoms with E-state index in [2.05, 4.69) is 62.3 Å². The maximum absolute atomic E-state index is 5.35. The van der Waals surface area contributed by atoms with E-state index in [4.69, 9.17) is 6.42 Å². The Balaban J connectivity index is 2.49. The molecular formula is C18H18S. The van der Waals surface area contributed by atoms with Crippen LogP contribution in [0.5, 0.6) is 0 Å². The Morgan fingerprint density at radius 3 is 2.95 bits per heavy atom. The number of benzene rings is 1. The van der Waals surface area contributed by atoms with Gasteiger partial charge in [0.2, 0.25) is 0 Å². The minimum absolute atomic E-state index is 0.728. The Labute approximate surface area is 120 Å². The average Bonchev–Trinajstić information content (AvgIpc) is 2.40. The molecule has 19 heavy (non-hydrogen) atoms. The lowest BCUT2D eigenvalue weighted by Crippen LogP contribution is -1.96. The zero-order chi connectivity index (χ0) is 13.7. The van der Waals surface area contributed by atoms with Gasteiger partial charge in [-0.1, -0.05) is 42.4 Å². The highest BCUT2D eigenvalue weighted by Crippen LogP contribution is 2.31. The molecule has 0 unspecified atom stereocenters. The van der Waals surface area contributed by atoms with Gasteiger partial charge >= 0.3 is 0 Å². The lowest BCUT2D eigenvalue weighted by Gasteiger charge is -2.15. The van der Waals surface area contributed by atoms with E-state index in [1.165, 1.54) is 27.2 Å². The minimum atomic E-state index is 0.728. The van der Waals surface area contributed by atoms with Crippen LogP contribution in [0.3, 0.4) is 0 Å². The summed E-state index contributed by atoms with van der Waals surface area (Å²) in [6, 6.07) is 4.58. The number of aryl methyl sites for hydroxylation is 1. The van der Waals surface area contributed by atoms with Crippen LogP contribution in [-0.4, -0.2) is 5.75 Å². The summed E-state index contributed by atoms with van der Waals surface area (Å²) in [4.78, 5) is 1.30. The van der Waals surface area contributed by atoms with Gasteiger partial charge in [0.1, 0.15) is 0 Å². The van der Waals surface area contributed by atoms with Crippen molar-refractivity contribution in [3.8, 4) is 12.3 Å². The third-order valence-corrected chi connectivity index (χ3v) is 4.26. The molecule has 1 aromatic carbocycles. The first-order valence-corrected chi connectivity index (χ1v) is 7.44. The minimum Gasteiger partial charge on any atom is -0.119 e. The smallest absolute Gasteiger partial charge is 0.0592 e. The van der Waals surface area contributed by atoms with Crippen LogP contribution in [0.15, 0.2) is 47.4 Å². The van der Waals surface area contributed by atoms with E-state index < -0.39 is 0 Å². The normalized spacial score (nSPS) is 19.1. The quantitative estimate of drug-likeness (QED) is 0.547. The second kappa shape index (κ2) is 6.50. The molecular weight excluding hydrogens is 248 g/mol. The number of terminal acetylenes is 1. The molecule has 1 heteroatoms. The maximum atomic E-state index is 5.35. The molecule has 2 rings (SSSR count). The fraction of sp³-hybridized carbons (Fsp3) is 0.222. The number of hydrogen-bond donors (Lipinski definition) is 0. The maximum Gasteiger partial charge on any atom is 0.0592 e. The van der Waals surface area contributed by atoms with E-state index in [-0.39, 0.29) is 0 Å². The lowest BCUT2D eigenvalue weighted by molar-refractivity contribution is 1.17. The van der Waals surface area contributed by atoms with E-state index in [1.54, 1.807) is 11.8 Å². The SMILES string of the molecule is C#CCSc1cc2c(cc1C)C(=C\C)/C=C\C=C/C2. The van der Waals surface area contributed by atoms with Gasteiger partial charge in [0.15, 0.2) is 0 Å². The summed E-state index contributed by atoms with van der Waals surface area (Å²) in [5, 5.41) is 0. The van der Waals surface area contributed by atoms with E-state index in [0.29, 0.717) is 0 Å². The summed E-state index contributed by atoms with van der Waals surface area (Å²) < 4.78 is 0. The summed E-state index contributed by atoms with van der Waals surface area (Å²) in [5.74, 6) is 3.42. The van der Waals surface area contributed by atoms with Crippen LogP contribution in [0, 0.1) is 19.3 Å². The molecule has 0 heterocycles. The summed E-state index contributed by atoms with van der Waals surface area (Å²) in [6.07, 6.45) is 17.1. The predicted molar refractivity (Wildman–Crippen MR) is 86.4 cm³/mol. The summed E-state index contributed by atoms with van der Waals surface area (Å²) in [7, 11) is 0. The Morgan fingerprint density at radius 2 is 2.21 bits per heavy atom. The van der Waals surface area contributed by atoms with Gasteiger partial charge in [-0.25, -0.2) is 0 Å². The van der Waals surface area contributed by atoms with Crippen molar-refractivity contribution in [3.05, 3.63) is 59.2 Å². The Bertz CT molecular complexity index is 595. The Morgan fingerprint density at radius 1 is 1.37 bits per heavy atom. The summed E-state index contributed by atoms with van der Waals surface area (Å²) in [6.45, 7) is 4.25. The molecule has 0 N–H and O–H groups in total.